The summed E-state index contributed by atoms with van der Waals surface area (Å²) >= 11 is 0. The lowest BCUT2D eigenvalue weighted by Crippen LogP contribution is -2.21. The van der Waals surface area contributed by atoms with Gasteiger partial charge < -0.3 is 15.4 Å². The molecule has 1 heterocycles. The van der Waals surface area contributed by atoms with E-state index >= 15 is 0 Å². The molecule has 2 rings (SSSR count). The first-order chi connectivity index (χ1) is 10.2. The Kier molecular flexibility index (Phi) is 5.09. The standard InChI is InChI=1S/C15H16FN3O2/c1-2-21-15-7-6-13(9-18-15)17-10-14(20)19-12-5-3-4-11(16)8-12/h3-9,17H,2,10H2,1H3,(H,19,20). The Morgan fingerprint density at radius 1 is 1.29 bits per heavy atom. The second-order valence-electron chi connectivity index (χ2n) is 4.23. The molecule has 0 saturated carbocycles. The average Bonchev–Trinajstić information content (AvgIpc) is 2.47. The Morgan fingerprint density at radius 3 is 2.81 bits per heavy atom. The Labute approximate surface area is 122 Å². The molecule has 0 spiro atoms. The Hall–Kier alpha value is -2.63. The highest BCUT2D eigenvalue weighted by Crippen LogP contribution is 2.12. The number of anilines is 2. The SMILES string of the molecule is CCOc1ccc(NCC(=O)Nc2cccc(F)c2)cn1. The third kappa shape index (κ3) is 4.76. The molecular weight excluding hydrogens is 273 g/mol. The molecule has 110 valence electrons. The lowest BCUT2D eigenvalue weighted by atomic mass is 10.3. The number of rotatable bonds is 6. The summed E-state index contributed by atoms with van der Waals surface area (Å²) in [4.78, 5) is 15.8. The summed E-state index contributed by atoms with van der Waals surface area (Å²) in [6, 6.07) is 9.23. The molecule has 0 atom stereocenters. The number of ether oxygens (including phenoxy) is 1. The van der Waals surface area contributed by atoms with Crippen molar-refractivity contribution in [2.45, 2.75) is 6.92 Å². The minimum atomic E-state index is -0.392. The summed E-state index contributed by atoms with van der Waals surface area (Å²) in [6.45, 7) is 2.49. The van der Waals surface area contributed by atoms with Gasteiger partial charge in [-0.2, -0.15) is 0 Å². The lowest BCUT2D eigenvalue weighted by molar-refractivity contribution is -0.114. The van der Waals surface area contributed by atoms with Gasteiger partial charge in [0.15, 0.2) is 0 Å². The maximum atomic E-state index is 13.0. The molecule has 2 N–H and O–H groups in total. The van der Waals surface area contributed by atoms with Crippen molar-refractivity contribution in [3.05, 3.63) is 48.4 Å². The monoisotopic (exact) mass is 289 g/mol. The summed E-state index contributed by atoms with van der Waals surface area (Å²) in [7, 11) is 0. The zero-order chi connectivity index (χ0) is 15.1. The van der Waals surface area contributed by atoms with Crippen LogP contribution in [0.1, 0.15) is 6.92 Å². The quantitative estimate of drug-likeness (QED) is 0.858. The first kappa shape index (κ1) is 14.8. The number of nitrogens with one attached hydrogen (secondary N) is 2. The minimum absolute atomic E-state index is 0.0617. The second-order valence-corrected chi connectivity index (χ2v) is 4.23. The van der Waals surface area contributed by atoms with Crippen LogP contribution in [0.3, 0.4) is 0 Å². The van der Waals surface area contributed by atoms with Crippen molar-refractivity contribution in [3.8, 4) is 5.88 Å². The van der Waals surface area contributed by atoms with E-state index in [2.05, 4.69) is 15.6 Å². The molecule has 6 heteroatoms. The first-order valence-corrected chi connectivity index (χ1v) is 6.55. The summed E-state index contributed by atoms with van der Waals surface area (Å²) in [5, 5.41) is 5.52. The molecule has 5 nitrogen and oxygen atoms in total. The lowest BCUT2D eigenvalue weighted by Gasteiger charge is -2.08. The Balaban J connectivity index is 1.83. The first-order valence-electron chi connectivity index (χ1n) is 6.55. The molecule has 21 heavy (non-hydrogen) atoms. The molecule has 0 radical (unpaired) electrons. The number of carbonyl (C=O) groups excluding carboxylic acids is 1. The predicted molar refractivity (Wildman–Crippen MR) is 78.9 cm³/mol. The maximum absolute atomic E-state index is 13.0. The third-order valence-electron chi connectivity index (χ3n) is 2.59. The number of nitrogens with zero attached hydrogens (tertiary/aromatic N) is 1. The van der Waals surface area contributed by atoms with E-state index in [0.717, 1.165) is 0 Å². The normalized spacial score (nSPS) is 10.0. The van der Waals surface area contributed by atoms with Gasteiger partial charge in [-0.25, -0.2) is 9.37 Å². The van der Waals surface area contributed by atoms with Gasteiger partial charge in [0.1, 0.15) is 5.82 Å². The maximum Gasteiger partial charge on any atom is 0.243 e. The van der Waals surface area contributed by atoms with Crippen molar-refractivity contribution in [1.29, 1.82) is 0 Å². The number of pyridine rings is 1. The fourth-order valence-corrected chi connectivity index (χ4v) is 1.67. The zero-order valence-corrected chi connectivity index (χ0v) is 11.6. The number of hydrogen-bond donors (Lipinski definition) is 2. The van der Waals surface area contributed by atoms with E-state index in [4.69, 9.17) is 4.74 Å². The smallest absolute Gasteiger partial charge is 0.243 e. The van der Waals surface area contributed by atoms with E-state index in [-0.39, 0.29) is 12.5 Å². The van der Waals surface area contributed by atoms with Gasteiger partial charge in [-0.3, -0.25) is 4.79 Å². The van der Waals surface area contributed by atoms with Crippen LogP contribution in [0.15, 0.2) is 42.6 Å². The molecule has 0 aliphatic rings. The average molecular weight is 289 g/mol. The molecule has 0 saturated heterocycles. The third-order valence-corrected chi connectivity index (χ3v) is 2.59. The van der Waals surface area contributed by atoms with Gasteiger partial charge in [0, 0.05) is 11.8 Å². The van der Waals surface area contributed by atoms with Gasteiger partial charge in [-0.15, -0.1) is 0 Å². The number of amides is 1. The van der Waals surface area contributed by atoms with E-state index in [0.29, 0.717) is 23.9 Å². The van der Waals surface area contributed by atoms with Gasteiger partial charge in [0.05, 0.1) is 25.0 Å². The van der Waals surface area contributed by atoms with Crippen molar-refractivity contribution in [3.63, 3.8) is 0 Å². The highest BCUT2D eigenvalue weighted by atomic mass is 19.1. The topological polar surface area (TPSA) is 63.2 Å². The molecule has 1 amide bonds. The van der Waals surface area contributed by atoms with Gasteiger partial charge in [-0.05, 0) is 31.2 Å². The zero-order valence-electron chi connectivity index (χ0n) is 11.6. The van der Waals surface area contributed by atoms with Crippen LogP contribution in [-0.2, 0) is 4.79 Å². The molecule has 0 aliphatic heterocycles. The summed E-state index contributed by atoms with van der Waals surface area (Å²) in [6.07, 6.45) is 1.58. The molecule has 0 fully saturated rings. The number of halogens is 1. The van der Waals surface area contributed by atoms with Crippen molar-refractivity contribution in [2.24, 2.45) is 0 Å². The van der Waals surface area contributed by atoms with Crippen LogP contribution in [0.4, 0.5) is 15.8 Å². The molecule has 2 aromatic rings. The summed E-state index contributed by atoms with van der Waals surface area (Å²) in [5.74, 6) is -0.127. The van der Waals surface area contributed by atoms with Crippen molar-refractivity contribution >= 4 is 17.3 Å². The highest BCUT2D eigenvalue weighted by Gasteiger charge is 2.03. The van der Waals surface area contributed by atoms with Gasteiger partial charge >= 0.3 is 0 Å². The van der Waals surface area contributed by atoms with Crippen LogP contribution in [0.2, 0.25) is 0 Å². The van der Waals surface area contributed by atoms with Crippen molar-refractivity contribution in [2.75, 3.05) is 23.8 Å². The van der Waals surface area contributed by atoms with E-state index in [9.17, 15) is 9.18 Å². The molecule has 0 aliphatic carbocycles. The number of benzene rings is 1. The van der Waals surface area contributed by atoms with Crippen molar-refractivity contribution < 1.29 is 13.9 Å². The van der Waals surface area contributed by atoms with E-state index in [1.165, 1.54) is 18.2 Å². The van der Waals surface area contributed by atoms with Gasteiger partial charge in [-0.1, -0.05) is 6.07 Å². The largest absolute Gasteiger partial charge is 0.478 e. The molecule has 0 bridgehead atoms. The van der Waals surface area contributed by atoms with Crippen LogP contribution >= 0.6 is 0 Å². The Bertz CT molecular complexity index is 602. The Morgan fingerprint density at radius 2 is 2.14 bits per heavy atom. The molecule has 1 aromatic carbocycles. The molecular formula is C15H16FN3O2. The predicted octanol–water partition coefficient (Wildman–Crippen LogP) is 2.67. The van der Waals surface area contributed by atoms with E-state index < -0.39 is 5.82 Å². The highest BCUT2D eigenvalue weighted by molar-refractivity contribution is 5.93. The van der Waals surface area contributed by atoms with Crippen LogP contribution in [0.25, 0.3) is 0 Å². The van der Waals surface area contributed by atoms with Gasteiger partial charge in [0.25, 0.3) is 0 Å². The number of carbonyl (C=O) groups is 1. The van der Waals surface area contributed by atoms with Crippen LogP contribution in [0.5, 0.6) is 5.88 Å². The summed E-state index contributed by atoms with van der Waals surface area (Å²) < 4.78 is 18.2. The summed E-state index contributed by atoms with van der Waals surface area (Å²) in [5.41, 5.74) is 1.12. The fourth-order valence-electron chi connectivity index (χ4n) is 1.67. The van der Waals surface area contributed by atoms with Crippen molar-refractivity contribution in [1.82, 2.24) is 4.98 Å². The molecule has 1 aromatic heterocycles. The number of hydrogen-bond acceptors (Lipinski definition) is 4. The van der Waals surface area contributed by atoms with Crippen LogP contribution in [0, 0.1) is 5.82 Å². The minimum Gasteiger partial charge on any atom is -0.478 e. The van der Waals surface area contributed by atoms with Crippen LogP contribution in [-0.4, -0.2) is 24.0 Å². The fraction of sp³-hybridized carbons (Fsp3) is 0.200. The van der Waals surface area contributed by atoms with E-state index in [1.54, 1.807) is 24.4 Å². The van der Waals surface area contributed by atoms with Crippen LogP contribution < -0.4 is 15.4 Å². The number of aromatic nitrogens is 1. The van der Waals surface area contributed by atoms with E-state index in [1.807, 2.05) is 6.92 Å². The van der Waals surface area contributed by atoms with Gasteiger partial charge in [0.2, 0.25) is 11.8 Å². The molecule has 0 unspecified atom stereocenters. The second kappa shape index (κ2) is 7.23.